The Bertz CT molecular complexity index is 323. The third-order valence-corrected chi connectivity index (χ3v) is 5.62. The van der Waals surface area contributed by atoms with Crippen LogP contribution < -0.4 is 5.32 Å². The lowest BCUT2D eigenvalue weighted by Crippen LogP contribution is -2.33. The van der Waals surface area contributed by atoms with Gasteiger partial charge in [0.25, 0.3) is 0 Å². The molecule has 1 aromatic heterocycles. The average molecular weight is 302 g/mol. The summed E-state index contributed by atoms with van der Waals surface area (Å²) in [6.45, 7) is 0. The van der Waals surface area contributed by atoms with E-state index in [9.17, 15) is 0 Å². The lowest BCUT2D eigenvalue weighted by molar-refractivity contribution is 0.351. The number of hydrogen-bond donors (Lipinski definition) is 1. The fourth-order valence-electron chi connectivity index (χ4n) is 2.72. The van der Waals surface area contributed by atoms with Gasteiger partial charge in [-0.15, -0.1) is 11.3 Å². The first kappa shape index (κ1) is 12.6. The van der Waals surface area contributed by atoms with Gasteiger partial charge < -0.3 is 5.32 Å². The van der Waals surface area contributed by atoms with Crippen LogP contribution in [0.4, 0.5) is 0 Å². The smallest absolute Gasteiger partial charge is 0.0314 e. The summed E-state index contributed by atoms with van der Waals surface area (Å²) in [5, 5.41) is 5.70. The summed E-state index contributed by atoms with van der Waals surface area (Å²) in [5.74, 6) is 0.822. The molecule has 0 bridgehead atoms. The maximum absolute atomic E-state index is 3.64. The van der Waals surface area contributed by atoms with E-state index in [-0.39, 0.29) is 0 Å². The summed E-state index contributed by atoms with van der Waals surface area (Å²) >= 11 is 5.53. The van der Waals surface area contributed by atoms with Crippen molar-refractivity contribution >= 4 is 27.3 Å². The minimum Gasteiger partial charge on any atom is -0.317 e. The molecule has 0 aromatic carbocycles. The van der Waals surface area contributed by atoms with Crippen molar-refractivity contribution in [2.75, 3.05) is 7.05 Å². The molecule has 2 rings (SSSR count). The average Bonchev–Trinajstić information content (AvgIpc) is 2.56. The van der Waals surface area contributed by atoms with Crippen molar-refractivity contribution in [2.45, 2.75) is 44.6 Å². The molecule has 1 fully saturated rings. The predicted molar refractivity (Wildman–Crippen MR) is 75.1 cm³/mol. The fourth-order valence-corrected chi connectivity index (χ4v) is 4.33. The van der Waals surface area contributed by atoms with E-state index in [1.54, 1.807) is 0 Å². The predicted octanol–water partition coefficient (Wildman–Crippen LogP) is 4.22. The molecule has 1 N–H and O–H groups in total. The summed E-state index contributed by atoms with van der Waals surface area (Å²) < 4.78 is 1.30. The second-order valence-electron chi connectivity index (χ2n) is 4.69. The zero-order chi connectivity index (χ0) is 11.4. The van der Waals surface area contributed by atoms with E-state index in [4.69, 9.17) is 0 Å². The summed E-state index contributed by atoms with van der Waals surface area (Å²) in [4.78, 5) is 1.52. The van der Waals surface area contributed by atoms with Gasteiger partial charge in [-0.05, 0) is 59.6 Å². The van der Waals surface area contributed by atoms with E-state index in [1.807, 2.05) is 11.3 Å². The van der Waals surface area contributed by atoms with Gasteiger partial charge >= 0.3 is 0 Å². The Kier molecular flexibility index (Phi) is 4.86. The van der Waals surface area contributed by atoms with Gasteiger partial charge in [0.15, 0.2) is 0 Å². The van der Waals surface area contributed by atoms with E-state index >= 15 is 0 Å². The summed E-state index contributed by atoms with van der Waals surface area (Å²) in [5.41, 5.74) is 0. The van der Waals surface area contributed by atoms with E-state index in [2.05, 4.69) is 39.7 Å². The number of rotatable bonds is 3. The van der Waals surface area contributed by atoms with Crippen molar-refractivity contribution < 1.29 is 0 Å². The second-order valence-corrected chi connectivity index (χ2v) is 6.54. The molecule has 1 aliphatic rings. The van der Waals surface area contributed by atoms with Crippen LogP contribution in [-0.4, -0.2) is 13.1 Å². The van der Waals surface area contributed by atoms with Gasteiger partial charge in [0.1, 0.15) is 0 Å². The van der Waals surface area contributed by atoms with Gasteiger partial charge in [0.05, 0.1) is 0 Å². The first-order chi connectivity index (χ1) is 7.81. The van der Waals surface area contributed by atoms with Crippen LogP contribution in [0.2, 0.25) is 0 Å². The molecule has 2 atom stereocenters. The highest BCUT2D eigenvalue weighted by Crippen LogP contribution is 2.31. The molecular formula is C13H20BrNS. The second kappa shape index (κ2) is 6.18. The Morgan fingerprint density at radius 2 is 2.19 bits per heavy atom. The van der Waals surface area contributed by atoms with Crippen LogP contribution in [0.1, 0.15) is 37.0 Å². The monoisotopic (exact) mass is 301 g/mol. The third kappa shape index (κ3) is 3.08. The Morgan fingerprint density at radius 3 is 2.88 bits per heavy atom. The standard InChI is InChI=1S/C13H20BrNS/c1-15-12-6-4-2-3-5-10(12)9-13-11(14)7-8-16-13/h7-8,10,12,15H,2-6,9H2,1H3. The van der Waals surface area contributed by atoms with Crippen molar-refractivity contribution in [1.82, 2.24) is 5.32 Å². The van der Waals surface area contributed by atoms with Crippen molar-refractivity contribution in [2.24, 2.45) is 5.92 Å². The van der Waals surface area contributed by atoms with Crippen LogP contribution in [0.5, 0.6) is 0 Å². The molecule has 0 saturated heterocycles. The molecule has 2 unspecified atom stereocenters. The Balaban J connectivity index is 2.03. The minimum absolute atomic E-state index is 0.719. The minimum atomic E-state index is 0.719. The highest BCUT2D eigenvalue weighted by Gasteiger charge is 2.23. The van der Waals surface area contributed by atoms with E-state index in [0.29, 0.717) is 0 Å². The van der Waals surface area contributed by atoms with Crippen LogP contribution in [-0.2, 0) is 6.42 Å². The third-order valence-electron chi connectivity index (χ3n) is 3.67. The molecule has 0 amide bonds. The Labute approximate surface area is 111 Å². The molecule has 1 saturated carbocycles. The largest absolute Gasteiger partial charge is 0.317 e. The lowest BCUT2D eigenvalue weighted by Gasteiger charge is -2.24. The van der Waals surface area contributed by atoms with E-state index < -0.39 is 0 Å². The quantitative estimate of drug-likeness (QED) is 0.824. The van der Waals surface area contributed by atoms with Gasteiger partial charge in [-0.1, -0.05) is 19.3 Å². The van der Waals surface area contributed by atoms with Gasteiger partial charge in [-0.3, -0.25) is 0 Å². The van der Waals surface area contributed by atoms with Crippen LogP contribution in [0, 0.1) is 5.92 Å². The van der Waals surface area contributed by atoms with Crippen LogP contribution in [0.25, 0.3) is 0 Å². The Morgan fingerprint density at radius 1 is 1.38 bits per heavy atom. The molecule has 16 heavy (non-hydrogen) atoms. The topological polar surface area (TPSA) is 12.0 Å². The van der Waals surface area contributed by atoms with Crippen molar-refractivity contribution in [3.63, 3.8) is 0 Å². The van der Waals surface area contributed by atoms with Crippen molar-refractivity contribution in [1.29, 1.82) is 0 Å². The first-order valence-corrected chi connectivity index (χ1v) is 7.87. The highest BCUT2D eigenvalue weighted by molar-refractivity contribution is 9.10. The van der Waals surface area contributed by atoms with Crippen LogP contribution in [0.3, 0.4) is 0 Å². The van der Waals surface area contributed by atoms with E-state index in [0.717, 1.165) is 12.0 Å². The fraction of sp³-hybridized carbons (Fsp3) is 0.692. The SMILES string of the molecule is CNC1CCCCCC1Cc1sccc1Br. The molecule has 1 nitrogen and oxygen atoms in total. The molecule has 1 aliphatic carbocycles. The highest BCUT2D eigenvalue weighted by atomic mass is 79.9. The van der Waals surface area contributed by atoms with Gasteiger partial charge in [-0.25, -0.2) is 0 Å². The van der Waals surface area contributed by atoms with Gasteiger partial charge in [0, 0.05) is 15.4 Å². The molecule has 0 aliphatic heterocycles. The molecular weight excluding hydrogens is 282 g/mol. The maximum atomic E-state index is 3.64. The zero-order valence-corrected chi connectivity index (χ0v) is 12.2. The Hall–Kier alpha value is 0.140. The normalized spacial score (nSPS) is 26.6. The molecule has 0 radical (unpaired) electrons. The lowest BCUT2D eigenvalue weighted by atomic mass is 9.91. The number of nitrogens with one attached hydrogen (secondary N) is 1. The van der Waals surface area contributed by atoms with Crippen LogP contribution in [0.15, 0.2) is 15.9 Å². The summed E-state index contributed by atoms with van der Waals surface area (Å²) in [6.07, 6.45) is 8.20. The zero-order valence-electron chi connectivity index (χ0n) is 9.84. The number of hydrogen-bond acceptors (Lipinski definition) is 2. The van der Waals surface area contributed by atoms with Gasteiger partial charge in [0.2, 0.25) is 0 Å². The molecule has 3 heteroatoms. The molecule has 0 spiro atoms. The molecule has 1 aromatic rings. The molecule has 90 valence electrons. The van der Waals surface area contributed by atoms with Crippen molar-refractivity contribution in [3.8, 4) is 0 Å². The number of thiophene rings is 1. The summed E-state index contributed by atoms with van der Waals surface area (Å²) in [6, 6.07) is 2.89. The van der Waals surface area contributed by atoms with Crippen LogP contribution >= 0.6 is 27.3 Å². The summed E-state index contributed by atoms with van der Waals surface area (Å²) in [7, 11) is 2.12. The first-order valence-electron chi connectivity index (χ1n) is 6.20. The van der Waals surface area contributed by atoms with E-state index in [1.165, 1.54) is 47.9 Å². The maximum Gasteiger partial charge on any atom is 0.0314 e. The molecule has 1 heterocycles. The van der Waals surface area contributed by atoms with Crippen molar-refractivity contribution in [3.05, 3.63) is 20.8 Å². The number of halogens is 1. The van der Waals surface area contributed by atoms with Gasteiger partial charge in [-0.2, -0.15) is 0 Å².